The molecule has 3 nitrogen and oxygen atoms in total. The third kappa shape index (κ3) is 1.70. The van der Waals surface area contributed by atoms with Gasteiger partial charge in [-0.25, -0.2) is 0 Å². The topological polar surface area (TPSA) is 46.3 Å². The van der Waals surface area contributed by atoms with Crippen molar-refractivity contribution in [3.8, 4) is 0 Å². The molecule has 0 spiro atoms. The molecule has 2 N–H and O–H groups in total. The Morgan fingerprint density at radius 3 is 2.54 bits per heavy atom. The highest BCUT2D eigenvalue weighted by molar-refractivity contribution is 5.98. The number of nitrogens with zero attached hydrogens (tertiary/aromatic N) is 1. The van der Waals surface area contributed by atoms with Crippen LogP contribution in [0.2, 0.25) is 0 Å². The summed E-state index contributed by atoms with van der Waals surface area (Å²) in [4.78, 5) is 13.0. The van der Waals surface area contributed by atoms with E-state index in [1.165, 1.54) is 7.05 Å². The maximum atomic E-state index is 11.3. The van der Waals surface area contributed by atoms with E-state index in [1.807, 2.05) is 31.3 Å². The minimum Gasteiger partial charge on any atom is -0.337 e. The van der Waals surface area contributed by atoms with E-state index >= 15 is 0 Å². The molecule has 13 heavy (non-hydrogen) atoms. The predicted molar refractivity (Wildman–Crippen MR) is 52.4 cm³/mol. The Balaban J connectivity index is 0.000000396. The highest BCUT2D eigenvalue weighted by Gasteiger charge is 2.22. The first-order valence-electron chi connectivity index (χ1n) is 4.20. The normalized spacial score (nSPS) is 13.5. The molecule has 1 aromatic rings. The smallest absolute Gasteiger partial charge is 0.254 e. The predicted octanol–water partition coefficient (Wildman–Crippen LogP) is 0.847. The van der Waals surface area contributed by atoms with Gasteiger partial charge in [-0.3, -0.25) is 4.79 Å². The van der Waals surface area contributed by atoms with Crippen molar-refractivity contribution >= 4 is 5.91 Å². The number of hydrogen-bond acceptors (Lipinski definition) is 2. The van der Waals surface area contributed by atoms with Crippen LogP contribution in [0.3, 0.4) is 0 Å². The molecule has 0 atom stereocenters. The molecule has 3 heteroatoms. The Kier molecular flexibility index (Phi) is 3.03. The number of amides is 1. The molecule has 0 radical (unpaired) electrons. The summed E-state index contributed by atoms with van der Waals surface area (Å²) in [6, 6.07) is 7.74. The molecular formula is C10H14N2O. The maximum Gasteiger partial charge on any atom is 0.254 e. The van der Waals surface area contributed by atoms with E-state index in [0.717, 1.165) is 17.7 Å². The van der Waals surface area contributed by atoms with Crippen LogP contribution in [0.5, 0.6) is 0 Å². The molecule has 1 aliphatic heterocycles. The number of nitrogens with two attached hydrogens (primary N) is 1. The van der Waals surface area contributed by atoms with Crippen LogP contribution in [0, 0.1) is 0 Å². The highest BCUT2D eigenvalue weighted by Crippen LogP contribution is 2.19. The first-order chi connectivity index (χ1) is 6.29. The van der Waals surface area contributed by atoms with Gasteiger partial charge >= 0.3 is 0 Å². The monoisotopic (exact) mass is 178 g/mol. The zero-order valence-corrected chi connectivity index (χ0v) is 7.95. The fraction of sp³-hybridized carbons (Fsp3) is 0.300. The summed E-state index contributed by atoms with van der Waals surface area (Å²) in [7, 11) is 3.32. The minimum absolute atomic E-state index is 0.139. The lowest BCUT2D eigenvalue weighted by atomic mass is 10.1. The molecule has 1 aromatic carbocycles. The van der Waals surface area contributed by atoms with Gasteiger partial charge in [-0.05, 0) is 18.7 Å². The van der Waals surface area contributed by atoms with Crippen molar-refractivity contribution in [2.45, 2.75) is 6.54 Å². The van der Waals surface area contributed by atoms with Crippen molar-refractivity contribution in [3.05, 3.63) is 35.4 Å². The van der Waals surface area contributed by atoms with Crippen molar-refractivity contribution in [1.29, 1.82) is 0 Å². The summed E-state index contributed by atoms with van der Waals surface area (Å²) < 4.78 is 0. The Morgan fingerprint density at radius 2 is 1.92 bits per heavy atom. The van der Waals surface area contributed by atoms with Crippen LogP contribution in [-0.2, 0) is 6.54 Å². The summed E-state index contributed by atoms with van der Waals surface area (Å²) in [5, 5.41) is 0. The van der Waals surface area contributed by atoms with Crippen LogP contribution in [0.15, 0.2) is 24.3 Å². The molecule has 0 saturated carbocycles. The third-order valence-corrected chi connectivity index (χ3v) is 2.00. The standard InChI is InChI=1S/C9H9NO.CH5N/c1-10-6-7-4-2-3-5-8(7)9(10)11;1-2/h2-5H,6H2,1H3;2H2,1H3. The molecule has 0 aliphatic carbocycles. The van der Waals surface area contributed by atoms with E-state index < -0.39 is 0 Å². The van der Waals surface area contributed by atoms with Gasteiger partial charge in [0.25, 0.3) is 5.91 Å². The molecule has 0 fully saturated rings. The number of carbonyl (C=O) groups is 1. The second-order valence-corrected chi connectivity index (χ2v) is 2.82. The molecule has 1 heterocycles. The quantitative estimate of drug-likeness (QED) is 0.640. The number of rotatable bonds is 0. The lowest BCUT2D eigenvalue weighted by Crippen LogP contribution is -2.17. The molecular weight excluding hydrogens is 164 g/mol. The van der Waals surface area contributed by atoms with Crippen LogP contribution in [0.25, 0.3) is 0 Å². The molecule has 2 rings (SSSR count). The summed E-state index contributed by atoms with van der Waals surface area (Å²) in [5.41, 5.74) is 6.50. The summed E-state index contributed by atoms with van der Waals surface area (Å²) in [6.07, 6.45) is 0. The van der Waals surface area contributed by atoms with Gasteiger partial charge in [0.05, 0.1) is 0 Å². The minimum atomic E-state index is 0.139. The van der Waals surface area contributed by atoms with Crippen LogP contribution in [-0.4, -0.2) is 24.9 Å². The lowest BCUT2D eigenvalue weighted by Gasteiger charge is -2.04. The second kappa shape index (κ2) is 4.05. The van der Waals surface area contributed by atoms with Gasteiger partial charge in [0.2, 0.25) is 0 Å². The lowest BCUT2D eigenvalue weighted by molar-refractivity contribution is 0.0816. The van der Waals surface area contributed by atoms with Gasteiger partial charge in [-0.2, -0.15) is 0 Å². The van der Waals surface area contributed by atoms with E-state index in [0.29, 0.717) is 0 Å². The Labute approximate surface area is 78.2 Å². The summed E-state index contributed by atoms with van der Waals surface area (Å²) >= 11 is 0. The molecule has 0 aromatic heterocycles. The molecule has 0 saturated heterocycles. The maximum absolute atomic E-state index is 11.3. The van der Waals surface area contributed by atoms with Crippen molar-refractivity contribution < 1.29 is 4.79 Å². The Morgan fingerprint density at radius 1 is 1.31 bits per heavy atom. The van der Waals surface area contributed by atoms with E-state index in [4.69, 9.17) is 0 Å². The van der Waals surface area contributed by atoms with Gasteiger partial charge in [0.1, 0.15) is 0 Å². The second-order valence-electron chi connectivity index (χ2n) is 2.82. The highest BCUT2D eigenvalue weighted by atomic mass is 16.2. The molecule has 1 aliphatic rings. The van der Waals surface area contributed by atoms with E-state index in [2.05, 4.69) is 5.73 Å². The van der Waals surface area contributed by atoms with Crippen LogP contribution in [0.4, 0.5) is 0 Å². The van der Waals surface area contributed by atoms with Crippen molar-refractivity contribution in [2.75, 3.05) is 14.1 Å². The number of hydrogen-bond donors (Lipinski definition) is 1. The molecule has 0 unspecified atom stereocenters. The van der Waals surface area contributed by atoms with Crippen molar-refractivity contribution in [2.24, 2.45) is 5.73 Å². The summed E-state index contributed by atoms with van der Waals surface area (Å²) in [5.74, 6) is 0.139. The first-order valence-corrected chi connectivity index (χ1v) is 4.20. The average molecular weight is 178 g/mol. The molecule has 1 amide bonds. The molecule has 0 bridgehead atoms. The zero-order chi connectivity index (χ0) is 9.84. The SMILES string of the molecule is CN.CN1Cc2ccccc2C1=O. The van der Waals surface area contributed by atoms with Crippen molar-refractivity contribution in [3.63, 3.8) is 0 Å². The van der Waals surface area contributed by atoms with Gasteiger partial charge in [-0.1, -0.05) is 18.2 Å². The van der Waals surface area contributed by atoms with E-state index in [1.54, 1.807) is 4.90 Å². The fourth-order valence-corrected chi connectivity index (χ4v) is 1.40. The zero-order valence-electron chi connectivity index (χ0n) is 7.95. The first kappa shape index (κ1) is 9.74. The van der Waals surface area contributed by atoms with Crippen LogP contribution >= 0.6 is 0 Å². The number of carbonyl (C=O) groups excluding carboxylic acids is 1. The van der Waals surface area contributed by atoms with E-state index in [-0.39, 0.29) is 5.91 Å². The summed E-state index contributed by atoms with van der Waals surface area (Å²) in [6.45, 7) is 0.759. The van der Waals surface area contributed by atoms with Gasteiger partial charge in [0.15, 0.2) is 0 Å². The van der Waals surface area contributed by atoms with E-state index in [9.17, 15) is 4.79 Å². The largest absolute Gasteiger partial charge is 0.337 e. The number of benzene rings is 1. The van der Waals surface area contributed by atoms with Crippen LogP contribution in [0.1, 0.15) is 15.9 Å². The van der Waals surface area contributed by atoms with Gasteiger partial charge in [0, 0.05) is 19.2 Å². The Bertz CT molecular complexity index is 310. The van der Waals surface area contributed by atoms with Crippen molar-refractivity contribution in [1.82, 2.24) is 4.90 Å². The van der Waals surface area contributed by atoms with Gasteiger partial charge < -0.3 is 10.6 Å². The van der Waals surface area contributed by atoms with Crippen LogP contribution < -0.4 is 5.73 Å². The number of fused-ring (bicyclic) bond motifs is 1. The average Bonchev–Trinajstić information content (AvgIpc) is 2.47. The van der Waals surface area contributed by atoms with Gasteiger partial charge in [-0.15, -0.1) is 0 Å². The third-order valence-electron chi connectivity index (χ3n) is 2.00. The Hall–Kier alpha value is -1.35. The fourth-order valence-electron chi connectivity index (χ4n) is 1.40. The molecule has 70 valence electrons.